The zero-order valence-electron chi connectivity index (χ0n) is 13.2. The SMILES string of the molecule is CC(C)N1CCN(CC23CCN(C(C)C)C2C3)CC1. The first-order valence-electron chi connectivity index (χ1n) is 8.24. The van der Waals surface area contributed by atoms with Crippen molar-refractivity contribution in [3.05, 3.63) is 0 Å². The third-order valence-corrected chi connectivity index (χ3v) is 5.75. The largest absolute Gasteiger partial charge is 0.300 e. The molecule has 1 aliphatic carbocycles. The fourth-order valence-corrected chi connectivity index (χ4v) is 4.32. The summed E-state index contributed by atoms with van der Waals surface area (Å²) in [5.74, 6) is 0. The van der Waals surface area contributed by atoms with Gasteiger partial charge in [0.2, 0.25) is 0 Å². The number of hydrogen-bond donors (Lipinski definition) is 0. The number of hydrogen-bond acceptors (Lipinski definition) is 3. The van der Waals surface area contributed by atoms with Crippen LogP contribution in [-0.2, 0) is 0 Å². The van der Waals surface area contributed by atoms with E-state index in [1.54, 1.807) is 0 Å². The second-order valence-corrected chi connectivity index (χ2v) is 7.57. The van der Waals surface area contributed by atoms with E-state index in [1.165, 1.54) is 52.1 Å². The molecule has 3 nitrogen and oxygen atoms in total. The van der Waals surface area contributed by atoms with E-state index in [9.17, 15) is 0 Å². The molecule has 19 heavy (non-hydrogen) atoms. The maximum atomic E-state index is 2.74. The number of rotatable bonds is 4. The minimum absolute atomic E-state index is 0.685. The van der Waals surface area contributed by atoms with Crippen molar-refractivity contribution in [2.75, 3.05) is 39.3 Å². The molecule has 3 fully saturated rings. The summed E-state index contributed by atoms with van der Waals surface area (Å²) in [7, 11) is 0. The molecule has 0 aromatic heterocycles. The molecule has 3 heteroatoms. The normalized spacial score (nSPS) is 37.3. The molecule has 3 aliphatic rings. The van der Waals surface area contributed by atoms with Crippen molar-refractivity contribution >= 4 is 0 Å². The third-order valence-electron chi connectivity index (χ3n) is 5.75. The summed E-state index contributed by atoms with van der Waals surface area (Å²) in [6.07, 6.45) is 2.91. The maximum absolute atomic E-state index is 2.74. The van der Waals surface area contributed by atoms with Crippen LogP contribution in [0.25, 0.3) is 0 Å². The van der Waals surface area contributed by atoms with Gasteiger partial charge in [-0.15, -0.1) is 0 Å². The molecule has 0 aromatic rings. The van der Waals surface area contributed by atoms with Gasteiger partial charge in [-0.05, 0) is 47.1 Å². The monoisotopic (exact) mass is 265 g/mol. The van der Waals surface area contributed by atoms with Crippen LogP contribution in [0.5, 0.6) is 0 Å². The molecule has 0 aromatic carbocycles. The van der Waals surface area contributed by atoms with Crippen molar-refractivity contribution < 1.29 is 0 Å². The van der Waals surface area contributed by atoms with Crippen LogP contribution in [0.4, 0.5) is 0 Å². The number of fused-ring (bicyclic) bond motifs is 1. The fourth-order valence-electron chi connectivity index (χ4n) is 4.32. The molecule has 0 radical (unpaired) electrons. The van der Waals surface area contributed by atoms with Crippen LogP contribution in [0, 0.1) is 5.41 Å². The van der Waals surface area contributed by atoms with Crippen LogP contribution >= 0.6 is 0 Å². The molecule has 110 valence electrons. The Balaban J connectivity index is 1.49. The Morgan fingerprint density at radius 1 is 0.947 bits per heavy atom. The molecular formula is C16H31N3. The van der Waals surface area contributed by atoms with Crippen LogP contribution in [0.3, 0.4) is 0 Å². The van der Waals surface area contributed by atoms with Crippen molar-refractivity contribution in [3.8, 4) is 0 Å². The van der Waals surface area contributed by atoms with E-state index < -0.39 is 0 Å². The molecule has 0 N–H and O–H groups in total. The number of nitrogens with zero attached hydrogens (tertiary/aromatic N) is 3. The highest BCUT2D eigenvalue weighted by atomic mass is 15.3. The van der Waals surface area contributed by atoms with Gasteiger partial charge in [-0.2, -0.15) is 0 Å². The van der Waals surface area contributed by atoms with E-state index >= 15 is 0 Å². The Labute approximate surface area is 118 Å². The molecule has 0 amide bonds. The molecular weight excluding hydrogens is 234 g/mol. The summed E-state index contributed by atoms with van der Waals surface area (Å²) in [5, 5.41) is 0. The van der Waals surface area contributed by atoms with Crippen LogP contribution in [0.1, 0.15) is 40.5 Å². The van der Waals surface area contributed by atoms with E-state index in [0.717, 1.165) is 18.1 Å². The van der Waals surface area contributed by atoms with Gasteiger partial charge >= 0.3 is 0 Å². The third kappa shape index (κ3) is 2.57. The minimum atomic E-state index is 0.685. The topological polar surface area (TPSA) is 9.72 Å². The Kier molecular flexibility index (Phi) is 3.65. The summed E-state index contributed by atoms with van der Waals surface area (Å²) in [5.41, 5.74) is 0.685. The second kappa shape index (κ2) is 5.01. The first-order valence-corrected chi connectivity index (χ1v) is 8.24. The predicted molar refractivity (Wildman–Crippen MR) is 80.4 cm³/mol. The molecule has 3 rings (SSSR count). The Hall–Kier alpha value is -0.120. The van der Waals surface area contributed by atoms with Crippen molar-refractivity contribution in [1.82, 2.24) is 14.7 Å². The van der Waals surface area contributed by atoms with Gasteiger partial charge < -0.3 is 4.90 Å². The Bertz CT molecular complexity index is 320. The first-order chi connectivity index (χ1) is 9.02. The molecule has 1 saturated carbocycles. The van der Waals surface area contributed by atoms with E-state index in [4.69, 9.17) is 0 Å². The molecule has 2 atom stereocenters. The lowest BCUT2D eigenvalue weighted by atomic mass is 10.0. The van der Waals surface area contributed by atoms with Gasteiger partial charge in [0.1, 0.15) is 0 Å². The highest BCUT2D eigenvalue weighted by Gasteiger charge is 2.61. The van der Waals surface area contributed by atoms with E-state index in [1.807, 2.05) is 0 Å². The average Bonchev–Trinajstić information content (AvgIpc) is 2.94. The number of piperidine rings is 1. The van der Waals surface area contributed by atoms with Crippen molar-refractivity contribution in [2.24, 2.45) is 5.41 Å². The van der Waals surface area contributed by atoms with Crippen LogP contribution in [0.2, 0.25) is 0 Å². The van der Waals surface area contributed by atoms with Gasteiger partial charge in [-0.1, -0.05) is 0 Å². The smallest absolute Gasteiger partial charge is 0.0174 e. The van der Waals surface area contributed by atoms with Gasteiger partial charge in [-0.25, -0.2) is 0 Å². The molecule has 2 heterocycles. The standard InChI is InChI=1S/C16H31N3/c1-13(2)18-9-7-17(8-10-18)12-16-5-6-19(14(3)4)15(16)11-16/h13-15H,5-12H2,1-4H3. The fraction of sp³-hybridized carbons (Fsp3) is 1.00. The van der Waals surface area contributed by atoms with E-state index in [0.29, 0.717) is 5.41 Å². The molecule has 2 aliphatic heterocycles. The Morgan fingerprint density at radius 3 is 2.11 bits per heavy atom. The van der Waals surface area contributed by atoms with Crippen LogP contribution in [-0.4, -0.2) is 72.1 Å². The molecule has 2 unspecified atom stereocenters. The molecule has 0 spiro atoms. The van der Waals surface area contributed by atoms with Gasteiger partial charge in [0.25, 0.3) is 0 Å². The summed E-state index contributed by atoms with van der Waals surface area (Å²) in [6.45, 7) is 17.2. The lowest BCUT2D eigenvalue weighted by molar-refractivity contribution is 0.0927. The van der Waals surface area contributed by atoms with Crippen LogP contribution < -0.4 is 0 Å². The Morgan fingerprint density at radius 2 is 1.63 bits per heavy atom. The quantitative estimate of drug-likeness (QED) is 0.768. The predicted octanol–water partition coefficient (Wildman–Crippen LogP) is 1.89. The lowest BCUT2D eigenvalue weighted by Crippen LogP contribution is -2.50. The summed E-state index contributed by atoms with van der Waals surface area (Å²) in [4.78, 5) is 8.10. The zero-order chi connectivity index (χ0) is 13.6. The second-order valence-electron chi connectivity index (χ2n) is 7.57. The van der Waals surface area contributed by atoms with E-state index in [2.05, 4.69) is 42.4 Å². The molecule has 2 saturated heterocycles. The van der Waals surface area contributed by atoms with Crippen molar-refractivity contribution in [2.45, 2.75) is 58.7 Å². The molecule has 0 bridgehead atoms. The number of likely N-dealkylation sites (tertiary alicyclic amines) is 1. The van der Waals surface area contributed by atoms with Gasteiger partial charge in [0.05, 0.1) is 0 Å². The van der Waals surface area contributed by atoms with Gasteiger partial charge in [-0.3, -0.25) is 9.80 Å². The average molecular weight is 265 g/mol. The van der Waals surface area contributed by atoms with Crippen LogP contribution in [0.15, 0.2) is 0 Å². The summed E-state index contributed by atoms with van der Waals surface area (Å²) < 4.78 is 0. The highest BCUT2D eigenvalue weighted by Crippen LogP contribution is 2.58. The van der Waals surface area contributed by atoms with E-state index in [-0.39, 0.29) is 0 Å². The van der Waals surface area contributed by atoms with Crippen molar-refractivity contribution in [1.29, 1.82) is 0 Å². The summed E-state index contributed by atoms with van der Waals surface area (Å²) >= 11 is 0. The minimum Gasteiger partial charge on any atom is -0.300 e. The lowest BCUT2D eigenvalue weighted by Gasteiger charge is -2.38. The zero-order valence-corrected chi connectivity index (χ0v) is 13.2. The summed E-state index contributed by atoms with van der Waals surface area (Å²) in [6, 6.07) is 2.37. The van der Waals surface area contributed by atoms with Gasteiger partial charge in [0, 0.05) is 56.3 Å². The first kappa shape index (κ1) is 13.8. The van der Waals surface area contributed by atoms with Crippen molar-refractivity contribution in [3.63, 3.8) is 0 Å². The van der Waals surface area contributed by atoms with Gasteiger partial charge in [0.15, 0.2) is 0 Å². The highest BCUT2D eigenvalue weighted by molar-refractivity contribution is 5.15. The maximum Gasteiger partial charge on any atom is 0.0174 e. The number of piperazine rings is 1.